The summed E-state index contributed by atoms with van der Waals surface area (Å²) in [5, 5.41) is 0. The Balaban J connectivity index is 5.67. The SMILES string of the molecule is C=CC(F)(C(F)(F)F)C(F)(F)C(F)(F)CC. The summed E-state index contributed by atoms with van der Waals surface area (Å²) in [4.78, 5) is 0. The first kappa shape index (κ1) is 15.2. The number of halogens is 8. The first-order valence-electron chi connectivity index (χ1n) is 4.02. The van der Waals surface area contributed by atoms with Crippen molar-refractivity contribution in [3.63, 3.8) is 0 Å². The van der Waals surface area contributed by atoms with E-state index in [4.69, 9.17) is 0 Å². The first-order valence-corrected chi connectivity index (χ1v) is 4.02. The Morgan fingerprint density at radius 2 is 1.31 bits per heavy atom. The van der Waals surface area contributed by atoms with Crippen LogP contribution in [0.4, 0.5) is 35.1 Å². The maximum atomic E-state index is 13.0. The summed E-state index contributed by atoms with van der Waals surface area (Å²) in [6.07, 6.45) is -8.65. The molecule has 0 heterocycles. The van der Waals surface area contributed by atoms with Crippen molar-refractivity contribution >= 4 is 0 Å². The predicted molar refractivity (Wildman–Crippen MR) is 40.3 cm³/mol. The molecule has 96 valence electrons. The van der Waals surface area contributed by atoms with Gasteiger partial charge in [-0.05, 0) is 6.08 Å². The summed E-state index contributed by atoms with van der Waals surface area (Å²) >= 11 is 0. The third kappa shape index (κ3) is 1.89. The van der Waals surface area contributed by atoms with Crippen LogP contribution in [0.5, 0.6) is 0 Å². The average Bonchev–Trinajstić information content (AvgIpc) is 2.14. The molecule has 0 amide bonds. The monoisotopic (exact) mass is 256 g/mol. The summed E-state index contributed by atoms with van der Waals surface area (Å²) in [6, 6.07) is 0. The Hall–Kier alpha value is -0.820. The lowest BCUT2D eigenvalue weighted by Crippen LogP contribution is -2.62. The van der Waals surface area contributed by atoms with E-state index < -0.39 is 36.2 Å². The molecule has 0 aliphatic carbocycles. The Kier molecular flexibility index (Phi) is 3.69. The van der Waals surface area contributed by atoms with E-state index in [1.54, 1.807) is 0 Å². The van der Waals surface area contributed by atoms with Crippen LogP contribution in [0.25, 0.3) is 0 Å². The van der Waals surface area contributed by atoms with Gasteiger partial charge in [-0.2, -0.15) is 30.7 Å². The molecule has 0 radical (unpaired) electrons. The summed E-state index contributed by atoms with van der Waals surface area (Å²) < 4.78 is 99.9. The second kappa shape index (κ2) is 3.89. The zero-order chi connectivity index (χ0) is 13.4. The number of allylic oxidation sites excluding steroid dienone is 1. The molecule has 0 saturated carbocycles. The fraction of sp³-hybridized carbons (Fsp3) is 0.750. The summed E-state index contributed by atoms with van der Waals surface area (Å²) in [6.45, 7) is 2.73. The van der Waals surface area contributed by atoms with Gasteiger partial charge >= 0.3 is 18.0 Å². The molecule has 0 fully saturated rings. The summed E-state index contributed by atoms with van der Waals surface area (Å²) in [5.41, 5.74) is -5.46. The molecule has 0 spiro atoms. The molecule has 0 N–H and O–H groups in total. The van der Waals surface area contributed by atoms with Crippen molar-refractivity contribution in [1.82, 2.24) is 0 Å². The topological polar surface area (TPSA) is 0 Å². The van der Waals surface area contributed by atoms with Crippen LogP contribution in [0.3, 0.4) is 0 Å². The Bertz CT molecular complexity index is 266. The maximum absolute atomic E-state index is 13.0. The lowest BCUT2D eigenvalue weighted by molar-refractivity contribution is -0.336. The first-order chi connectivity index (χ1) is 6.87. The van der Waals surface area contributed by atoms with Crippen molar-refractivity contribution in [3.05, 3.63) is 12.7 Å². The van der Waals surface area contributed by atoms with Crippen molar-refractivity contribution in [3.8, 4) is 0 Å². The van der Waals surface area contributed by atoms with E-state index in [0.717, 1.165) is 0 Å². The smallest absolute Gasteiger partial charge is 0.222 e. The Labute approximate surface area is 85.9 Å². The van der Waals surface area contributed by atoms with Crippen LogP contribution in [0.2, 0.25) is 0 Å². The molecule has 0 aromatic rings. The zero-order valence-electron chi connectivity index (χ0n) is 8.02. The maximum Gasteiger partial charge on any atom is 0.432 e. The molecule has 0 nitrogen and oxygen atoms in total. The lowest BCUT2D eigenvalue weighted by Gasteiger charge is -2.36. The normalized spacial score (nSPS) is 18.1. The fourth-order valence-electron chi connectivity index (χ4n) is 0.910. The van der Waals surface area contributed by atoms with Crippen LogP contribution in [0.15, 0.2) is 12.7 Å². The quantitative estimate of drug-likeness (QED) is 0.524. The van der Waals surface area contributed by atoms with Crippen molar-refractivity contribution in [2.75, 3.05) is 0 Å². The third-order valence-electron chi connectivity index (χ3n) is 2.05. The number of hydrogen-bond acceptors (Lipinski definition) is 0. The molecule has 8 heteroatoms. The highest BCUT2D eigenvalue weighted by molar-refractivity contribution is 5.15. The van der Waals surface area contributed by atoms with E-state index >= 15 is 0 Å². The largest absolute Gasteiger partial charge is 0.432 e. The molecule has 0 saturated heterocycles. The van der Waals surface area contributed by atoms with Gasteiger partial charge in [0.2, 0.25) is 0 Å². The minimum atomic E-state index is -6.17. The van der Waals surface area contributed by atoms with Crippen LogP contribution in [-0.2, 0) is 0 Å². The fourth-order valence-corrected chi connectivity index (χ4v) is 0.910. The Morgan fingerprint density at radius 1 is 0.938 bits per heavy atom. The van der Waals surface area contributed by atoms with Gasteiger partial charge in [-0.15, -0.1) is 0 Å². The Morgan fingerprint density at radius 3 is 1.50 bits per heavy atom. The van der Waals surface area contributed by atoms with Gasteiger partial charge in [-0.1, -0.05) is 13.5 Å². The second-order valence-corrected chi connectivity index (χ2v) is 3.05. The van der Waals surface area contributed by atoms with Crippen LogP contribution in [0.1, 0.15) is 13.3 Å². The van der Waals surface area contributed by atoms with Crippen LogP contribution < -0.4 is 0 Å². The van der Waals surface area contributed by atoms with Gasteiger partial charge in [0, 0.05) is 6.42 Å². The number of rotatable bonds is 4. The van der Waals surface area contributed by atoms with Gasteiger partial charge in [0.1, 0.15) is 0 Å². The van der Waals surface area contributed by atoms with Gasteiger partial charge in [0.25, 0.3) is 5.67 Å². The van der Waals surface area contributed by atoms with E-state index in [1.807, 2.05) is 0 Å². The van der Waals surface area contributed by atoms with Crippen LogP contribution in [-0.4, -0.2) is 23.7 Å². The zero-order valence-corrected chi connectivity index (χ0v) is 8.02. The molecule has 16 heavy (non-hydrogen) atoms. The highest BCUT2D eigenvalue weighted by atomic mass is 19.4. The van der Waals surface area contributed by atoms with Gasteiger partial charge in [0.05, 0.1) is 0 Å². The molecule has 0 aromatic carbocycles. The summed E-state index contributed by atoms with van der Waals surface area (Å²) in [5.74, 6) is -11.0. The summed E-state index contributed by atoms with van der Waals surface area (Å²) in [7, 11) is 0. The predicted octanol–water partition coefficient (Wildman–Crippen LogP) is 4.12. The highest BCUT2D eigenvalue weighted by Crippen LogP contribution is 2.53. The van der Waals surface area contributed by atoms with E-state index in [1.165, 1.54) is 0 Å². The van der Waals surface area contributed by atoms with E-state index in [0.29, 0.717) is 6.92 Å². The molecular weight excluding hydrogens is 248 g/mol. The number of alkyl halides is 8. The standard InChI is InChI=1S/C8H8F8/c1-3-5(9,8(14,15)16)7(12,13)6(10,11)4-2/h3H,1,4H2,2H3. The van der Waals surface area contributed by atoms with E-state index in [9.17, 15) is 35.1 Å². The average molecular weight is 256 g/mol. The third-order valence-corrected chi connectivity index (χ3v) is 2.05. The lowest BCUT2D eigenvalue weighted by atomic mass is 9.90. The van der Waals surface area contributed by atoms with Gasteiger partial charge in [-0.25, -0.2) is 4.39 Å². The van der Waals surface area contributed by atoms with Crippen LogP contribution >= 0.6 is 0 Å². The molecule has 0 aliphatic rings. The highest BCUT2D eigenvalue weighted by Gasteiger charge is 2.77. The second-order valence-electron chi connectivity index (χ2n) is 3.05. The number of hydrogen-bond donors (Lipinski definition) is 0. The van der Waals surface area contributed by atoms with E-state index in [2.05, 4.69) is 6.58 Å². The minimum Gasteiger partial charge on any atom is -0.222 e. The molecule has 1 unspecified atom stereocenters. The van der Waals surface area contributed by atoms with Crippen molar-refractivity contribution < 1.29 is 35.1 Å². The van der Waals surface area contributed by atoms with E-state index in [-0.39, 0.29) is 0 Å². The van der Waals surface area contributed by atoms with Crippen molar-refractivity contribution in [1.29, 1.82) is 0 Å². The minimum absolute atomic E-state index is 0.522. The van der Waals surface area contributed by atoms with Crippen molar-refractivity contribution in [2.45, 2.75) is 37.0 Å². The molecule has 1 atom stereocenters. The molecule has 0 bridgehead atoms. The molecule has 0 aliphatic heterocycles. The molecule has 0 aromatic heterocycles. The van der Waals surface area contributed by atoms with Crippen molar-refractivity contribution in [2.24, 2.45) is 0 Å². The van der Waals surface area contributed by atoms with Gasteiger partial charge in [0.15, 0.2) is 0 Å². The molecule has 0 rings (SSSR count). The molecular formula is C8H8F8. The van der Waals surface area contributed by atoms with Gasteiger partial charge < -0.3 is 0 Å². The van der Waals surface area contributed by atoms with Gasteiger partial charge in [-0.3, -0.25) is 0 Å². The van der Waals surface area contributed by atoms with Crippen LogP contribution in [0, 0.1) is 0 Å².